The number of hydrogen-bond donors (Lipinski definition) is 10. The molecule has 12 atom stereocenters. The van der Waals surface area contributed by atoms with Gasteiger partial charge in [0, 0.05) is 39.0 Å². The Hall–Kier alpha value is -2.16. The van der Waals surface area contributed by atoms with Gasteiger partial charge in [-0.3, -0.25) is 9.59 Å². The fraction of sp³-hybridized carbons (Fsp3) is 0.833. The van der Waals surface area contributed by atoms with Crippen LogP contribution in [0.1, 0.15) is 40.0 Å². The Kier molecular flexibility index (Phi) is 11.9. The fourth-order valence-electron chi connectivity index (χ4n) is 4.96. The Bertz CT molecular complexity index is 964. The molecule has 2 fully saturated rings. The van der Waals surface area contributed by atoms with Crippen molar-refractivity contribution in [2.75, 3.05) is 13.2 Å². The van der Waals surface area contributed by atoms with Crippen molar-refractivity contribution in [3.05, 3.63) is 0 Å². The summed E-state index contributed by atoms with van der Waals surface area (Å²) in [6.07, 6.45) is -16.8. The third-order valence-corrected chi connectivity index (χ3v) is 7.21. The Morgan fingerprint density at radius 2 is 1.51 bits per heavy atom. The molecule has 0 saturated carbocycles. The van der Waals surface area contributed by atoms with Crippen molar-refractivity contribution in [3.8, 4) is 0 Å². The van der Waals surface area contributed by atoms with E-state index in [1.54, 1.807) is 0 Å². The van der Waals surface area contributed by atoms with Crippen LogP contribution >= 0.6 is 0 Å². The number of nitrogens with one attached hydrogen (secondary N) is 1. The first-order valence-electron chi connectivity index (χ1n) is 12.8. The standard InChI is InChI=1S/C24H39NO16/c1-9(27)4-12-13(30)5-23(38,10(2)28)40-20(12)19(35)16(33)8-39-24(22(36)37)6-14(31)17(25-11(3)29)21(41-24)18(34)15(32)7-26/h12-21,26,30-35,38H,4-8H2,1-3H3,(H,25,29)(H,36,37). The van der Waals surface area contributed by atoms with E-state index in [1.165, 1.54) is 6.92 Å². The average Bonchev–Trinajstić information content (AvgIpc) is 2.88. The van der Waals surface area contributed by atoms with Crippen molar-refractivity contribution < 1.29 is 79.3 Å². The van der Waals surface area contributed by atoms with Gasteiger partial charge in [-0.05, 0) is 6.92 Å². The first-order valence-corrected chi connectivity index (χ1v) is 12.8. The molecule has 0 bridgehead atoms. The molecule has 0 spiro atoms. The van der Waals surface area contributed by atoms with Crippen LogP contribution in [0, 0.1) is 5.92 Å². The van der Waals surface area contributed by atoms with Crippen molar-refractivity contribution >= 4 is 23.4 Å². The lowest BCUT2D eigenvalue weighted by atomic mass is 9.80. The molecule has 0 aliphatic carbocycles. The second-order valence-corrected chi connectivity index (χ2v) is 10.5. The molecule has 2 aliphatic heterocycles. The first-order chi connectivity index (χ1) is 18.9. The van der Waals surface area contributed by atoms with Crippen LogP contribution in [0.15, 0.2) is 0 Å². The van der Waals surface area contributed by atoms with Crippen LogP contribution in [0.3, 0.4) is 0 Å². The highest BCUT2D eigenvalue weighted by atomic mass is 16.7. The minimum atomic E-state index is -2.83. The summed E-state index contributed by atoms with van der Waals surface area (Å²) in [5.41, 5.74) is 0. The number of aliphatic hydroxyl groups excluding tert-OH is 7. The summed E-state index contributed by atoms with van der Waals surface area (Å²) in [5.74, 6) is -10.6. The summed E-state index contributed by atoms with van der Waals surface area (Å²) in [6.45, 7) is 1.12. The lowest BCUT2D eigenvalue weighted by Gasteiger charge is -2.47. The van der Waals surface area contributed by atoms with Crippen molar-refractivity contribution in [2.45, 2.75) is 106 Å². The number of carbonyl (C=O) groups is 4. The van der Waals surface area contributed by atoms with Gasteiger partial charge in [-0.25, -0.2) is 4.79 Å². The zero-order valence-electron chi connectivity index (χ0n) is 22.7. The summed E-state index contributed by atoms with van der Waals surface area (Å²) in [6, 6.07) is -1.47. The third kappa shape index (κ3) is 8.02. The zero-order chi connectivity index (χ0) is 31.4. The molecule has 12 unspecified atom stereocenters. The Morgan fingerprint density at radius 3 is 2.00 bits per heavy atom. The molecule has 2 aliphatic rings. The van der Waals surface area contributed by atoms with Gasteiger partial charge in [-0.2, -0.15) is 0 Å². The van der Waals surface area contributed by atoms with E-state index in [1.807, 2.05) is 0 Å². The second-order valence-electron chi connectivity index (χ2n) is 10.5. The quantitative estimate of drug-likeness (QED) is 0.0949. The summed E-state index contributed by atoms with van der Waals surface area (Å²) in [4.78, 5) is 47.6. The van der Waals surface area contributed by atoms with Gasteiger partial charge in [0.1, 0.15) is 36.3 Å². The molecule has 236 valence electrons. The zero-order valence-corrected chi connectivity index (χ0v) is 22.7. The van der Waals surface area contributed by atoms with E-state index in [0.29, 0.717) is 0 Å². The van der Waals surface area contributed by atoms with E-state index >= 15 is 0 Å². The van der Waals surface area contributed by atoms with Crippen molar-refractivity contribution in [1.29, 1.82) is 0 Å². The number of rotatable bonds is 13. The van der Waals surface area contributed by atoms with Crippen LogP contribution < -0.4 is 5.32 Å². The lowest BCUT2D eigenvalue weighted by molar-refractivity contribution is -0.322. The van der Waals surface area contributed by atoms with Gasteiger partial charge in [0.2, 0.25) is 11.7 Å². The van der Waals surface area contributed by atoms with Crippen molar-refractivity contribution in [3.63, 3.8) is 0 Å². The second kappa shape index (κ2) is 13.9. The molecule has 0 aromatic carbocycles. The monoisotopic (exact) mass is 597 g/mol. The topological polar surface area (TPSA) is 290 Å². The summed E-state index contributed by atoms with van der Waals surface area (Å²) in [7, 11) is 0. The van der Waals surface area contributed by atoms with Crippen molar-refractivity contribution in [2.24, 2.45) is 5.92 Å². The highest BCUT2D eigenvalue weighted by Crippen LogP contribution is 2.37. The highest BCUT2D eigenvalue weighted by molar-refractivity contribution is 5.83. The number of ether oxygens (including phenoxy) is 3. The largest absolute Gasteiger partial charge is 0.477 e. The number of carbonyl (C=O) groups excluding carboxylic acids is 3. The van der Waals surface area contributed by atoms with Crippen LogP contribution in [-0.2, 0) is 33.4 Å². The molecule has 0 aromatic heterocycles. The summed E-state index contributed by atoms with van der Waals surface area (Å²) in [5, 5.41) is 95.1. The van der Waals surface area contributed by atoms with Gasteiger partial charge in [0.05, 0.1) is 37.6 Å². The van der Waals surface area contributed by atoms with E-state index in [2.05, 4.69) is 5.32 Å². The van der Waals surface area contributed by atoms with E-state index < -0.39 is 122 Å². The minimum Gasteiger partial charge on any atom is -0.477 e. The van der Waals surface area contributed by atoms with E-state index in [9.17, 15) is 65.1 Å². The third-order valence-electron chi connectivity index (χ3n) is 7.21. The smallest absolute Gasteiger partial charge is 0.364 e. The predicted octanol–water partition coefficient (Wildman–Crippen LogP) is -5.10. The Labute approximate surface area is 234 Å². The molecule has 2 rings (SSSR count). The van der Waals surface area contributed by atoms with Gasteiger partial charge in [0.25, 0.3) is 5.79 Å². The summed E-state index contributed by atoms with van der Waals surface area (Å²) >= 11 is 0. The maximum Gasteiger partial charge on any atom is 0.364 e. The molecule has 0 aromatic rings. The number of aliphatic hydroxyl groups is 8. The summed E-state index contributed by atoms with van der Waals surface area (Å²) < 4.78 is 16.1. The van der Waals surface area contributed by atoms with Crippen LogP contribution in [0.25, 0.3) is 0 Å². The molecular formula is C24H39NO16. The van der Waals surface area contributed by atoms with Crippen LogP contribution in [0.4, 0.5) is 0 Å². The number of ketones is 2. The molecule has 2 saturated heterocycles. The first kappa shape index (κ1) is 35.0. The van der Waals surface area contributed by atoms with Gasteiger partial charge in [0.15, 0.2) is 5.78 Å². The Morgan fingerprint density at radius 1 is 0.927 bits per heavy atom. The minimum absolute atomic E-state index is 0.379. The normalized spacial score (nSPS) is 37.0. The van der Waals surface area contributed by atoms with Crippen LogP contribution in [-0.4, -0.2) is 149 Å². The Balaban J connectivity index is 2.32. The molecule has 1 amide bonds. The van der Waals surface area contributed by atoms with Crippen LogP contribution in [0.2, 0.25) is 0 Å². The average molecular weight is 598 g/mol. The molecular weight excluding hydrogens is 558 g/mol. The molecule has 10 N–H and O–H groups in total. The molecule has 17 heteroatoms. The SMILES string of the molecule is CC(=O)CC1C(O)CC(O)(C(C)=O)OC1C(O)C(O)COC1(C(=O)O)CC(O)C(NC(C)=O)C(C(O)C(O)CO)O1. The predicted molar refractivity (Wildman–Crippen MR) is 130 cm³/mol. The van der Waals surface area contributed by atoms with Gasteiger partial charge >= 0.3 is 5.97 Å². The lowest BCUT2D eigenvalue weighted by Crippen LogP contribution is -2.68. The van der Waals surface area contributed by atoms with Gasteiger partial charge < -0.3 is 70.3 Å². The van der Waals surface area contributed by atoms with E-state index in [4.69, 9.17) is 14.2 Å². The number of carboxylic acid groups (broad SMARTS) is 1. The number of Topliss-reactive ketones (excluding diaryl/α,β-unsaturated/α-hetero) is 2. The molecule has 17 nitrogen and oxygen atoms in total. The molecule has 41 heavy (non-hydrogen) atoms. The van der Waals surface area contributed by atoms with E-state index in [-0.39, 0.29) is 6.42 Å². The number of aliphatic carboxylic acids is 1. The van der Waals surface area contributed by atoms with Gasteiger partial charge in [-0.15, -0.1) is 0 Å². The number of hydrogen-bond acceptors (Lipinski definition) is 15. The number of carboxylic acids is 1. The van der Waals surface area contributed by atoms with Crippen molar-refractivity contribution in [1.82, 2.24) is 5.32 Å². The molecule has 2 heterocycles. The number of amides is 1. The molecule has 0 radical (unpaired) electrons. The maximum atomic E-state index is 12.3. The van der Waals surface area contributed by atoms with Crippen LogP contribution in [0.5, 0.6) is 0 Å². The maximum absolute atomic E-state index is 12.3. The van der Waals surface area contributed by atoms with Gasteiger partial charge in [-0.1, -0.05) is 0 Å². The van der Waals surface area contributed by atoms with E-state index in [0.717, 1.165) is 13.8 Å². The fourth-order valence-corrected chi connectivity index (χ4v) is 4.96. The highest BCUT2D eigenvalue weighted by Gasteiger charge is 2.57.